The van der Waals surface area contributed by atoms with Gasteiger partial charge in [0.15, 0.2) is 18.1 Å². The van der Waals surface area contributed by atoms with E-state index in [0.29, 0.717) is 40.0 Å². The Labute approximate surface area is 196 Å². The van der Waals surface area contributed by atoms with Crippen molar-refractivity contribution in [3.63, 3.8) is 0 Å². The van der Waals surface area contributed by atoms with Gasteiger partial charge >= 0.3 is 5.97 Å². The van der Waals surface area contributed by atoms with Crippen LogP contribution >= 0.6 is 11.6 Å². The first-order valence-electron chi connectivity index (χ1n) is 10.2. The maximum absolute atomic E-state index is 12.3. The fourth-order valence-corrected chi connectivity index (χ4v) is 2.88. The average molecular weight is 467 g/mol. The molecule has 0 aliphatic rings. The number of hydrazone groups is 1. The standard InChI is InChI=1S/C25H23ClN2O5/c1-3-31-23-14-18(9-12-22(23)33-25(30)19-7-5-4-6-8-19)15-27-28-24(29)16-32-20-10-11-21(26)17(2)13-20/h4-15H,3,16H2,1-2H3,(H,28,29)/b27-15+. The van der Waals surface area contributed by atoms with E-state index in [1.165, 1.54) is 6.21 Å². The summed E-state index contributed by atoms with van der Waals surface area (Å²) in [6.07, 6.45) is 1.45. The molecule has 1 N–H and O–H groups in total. The third kappa shape index (κ3) is 7.08. The molecule has 3 rings (SSSR count). The fraction of sp³-hybridized carbons (Fsp3) is 0.160. The summed E-state index contributed by atoms with van der Waals surface area (Å²) in [7, 11) is 0. The Morgan fingerprint density at radius 3 is 2.52 bits per heavy atom. The van der Waals surface area contributed by atoms with E-state index in [4.69, 9.17) is 25.8 Å². The maximum Gasteiger partial charge on any atom is 0.343 e. The number of esters is 1. The number of hydrogen-bond donors (Lipinski definition) is 1. The first-order valence-corrected chi connectivity index (χ1v) is 10.6. The van der Waals surface area contributed by atoms with Crippen molar-refractivity contribution in [1.29, 1.82) is 0 Å². The minimum Gasteiger partial charge on any atom is -0.490 e. The van der Waals surface area contributed by atoms with Crippen LogP contribution < -0.4 is 19.6 Å². The number of carbonyl (C=O) groups is 2. The molecule has 170 valence electrons. The van der Waals surface area contributed by atoms with Crippen LogP contribution in [0.2, 0.25) is 5.02 Å². The number of amides is 1. The second-order valence-electron chi connectivity index (χ2n) is 6.89. The van der Waals surface area contributed by atoms with Crippen molar-refractivity contribution in [3.05, 3.63) is 88.4 Å². The molecule has 0 heterocycles. The first kappa shape index (κ1) is 23.8. The topological polar surface area (TPSA) is 86.2 Å². The Morgan fingerprint density at radius 1 is 1.00 bits per heavy atom. The molecule has 0 aliphatic heterocycles. The summed E-state index contributed by atoms with van der Waals surface area (Å²) in [6.45, 7) is 3.86. The lowest BCUT2D eigenvalue weighted by atomic mass is 10.2. The summed E-state index contributed by atoms with van der Waals surface area (Å²) >= 11 is 5.98. The predicted molar refractivity (Wildman–Crippen MR) is 126 cm³/mol. The monoisotopic (exact) mass is 466 g/mol. The van der Waals surface area contributed by atoms with E-state index in [9.17, 15) is 9.59 Å². The predicted octanol–water partition coefficient (Wildman–Crippen LogP) is 4.80. The van der Waals surface area contributed by atoms with Gasteiger partial charge in [-0.1, -0.05) is 29.8 Å². The lowest BCUT2D eigenvalue weighted by Gasteiger charge is -2.11. The molecule has 8 heteroatoms. The second kappa shape index (κ2) is 11.7. The van der Waals surface area contributed by atoms with Crippen molar-refractivity contribution < 1.29 is 23.8 Å². The Kier molecular flexibility index (Phi) is 8.43. The van der Waals surface area contributed by atoms with Crippen molar-refractivity contribution >= 4 is 29.7 Å². The Morgan fingerprint density at radius 2 is 1.79 bits per heavy atom. The second-order valence-corrected chi connectivity index (χ2v) is 7.29. The summed E-state index contributed by atoms with van der Waals surface area (Å²) in [6, 6.07) is 18.8. The van der Waals surface area contributed by atoms with E-state index in [1.54, 1.807) is 60.7 Å². The van der Waals surface area contributed by atoms with Crippen LogP contribution in [0.25, 0.3) is 0 Å². The molecule has 0 aromatic heterocycles. The zero-order chi connectivity index (χ0) is 23.6. The molecule has 0 radical (unpaired) electrons. The van der Waals surface area contributed by atoms with Crippen LogP contribution in [0.4, 0.5) is 0 Å². The van der Waals surface area contributed by atoms with Gasteiger partial charge in [-0.25, -0.2) is 10.2 Å². The van der Waals surface area contributed by atoms with Gasteiger partial charge in [0.1, 0.15) is 5.75 Å². The third-order valence-electron chi connectivity index (χ3n) is 4.38. The number of carbonyl (C=O) groups excluding carboxylic acids is 2. The lowest BCUT2D eigenvalue weighted by Crippen LogP contribution is -2.24. The molecule has 3 aromatic carbocycles. The van der Waals surface area contributed by atoms with E-state index in [-0.39, 0.29) is 6.61 Å². The first-order chi connectivity index (χ1) is 16.0. The van der Waals surface area contributed by atoms with Crippen molar-refractivity contribution in [2.24, 2.45) is 5.10 Å². The molecular weight excluding hydrogens is 444 g/mol. The number of benzene rings is 3. The highest BCUT2D eigenvalue weighted by Crippen LogP contribution is 2.29. The summed E-state index contributed by atoms with van der Waals surface area (Å²) in [5.74, 6) is 0.313. The minimum atomic E-state index is -0.485. The van der Waals surface area contributed by atoms with Crippen LogP contribution in [0.3, 0.4) is 0 Å². The van der Waals surface area contributed by atoms with Crippen LogP contribution in [-0.4, -0.2) is 31.3 Å². The van der Waals surface area contributed by atoms with Crippen LogP contribution in [0.1, 0.15) is 28.4 Å². The average Bonchev–Trinajstić information content (AvgIpc) is 2.82. The van der Waals surface area contributed by atoms with Gasteiger partial charge in [-0.15, -0.1) is 0 Å². The number of hydrogen-bond acceptors (Lipinski definition) is 6. The molecule has 0 aliphatic carbocycles. The summed E-state index contributed by atoms with van der Waals surface area (Å²) in [5, 5.41) is 4.56. The van der Waals surface area contributed by atoms with Crippen molar-refractivity contribution in [3.8, 4) is 17.2 Å². The largest absolute Gasteiger partial charge is 0.490 e. The van der Waals surface area contributed by atoms with E-state index >= 15 is 0 Å². The Bertz CT molecular complexity index is 1150. The van der Waals surface area contributed by atoms with Gasteiger partial charge in [-0.05, 0) is 73.5 Å². The van der Waals surface area contributed by atoms with E-state index in [2.05, 4.69) is 10.5 Å². The van der Waals surface area contributed by atoms with Gasteiger partial charge in [0, 0.05) is 5.02 Å². The molecule has 0 saturated heterocycles. The molecule has 7 nitrogen and oxygen atoms in total. The van der Waals surface area contributed by atoms with Gasteiger partial charge < -0.3 is 14.2 Å². The SMILES string of the molecule is CCOc1cc(/C=N/NC(=O)COc2ccc(Cl)c(C)c2)ccc1OC(=O)c1ccccc1. The van der Waals surface area contributed by atoms with Gasteiger partial charge in [-0.2, -0.15) is 5.10 Å². The number of nitrogens with one attached hydrogen (secondary N) is 1. The molecule has 1 amide bonds. The number of halogens is 1. The minimum absolute atomic E-state index is 0.197. The molecular formula is C25H23ClN2O5. The molecule has 0 fully saturated rings. The van der Waals surface area contributed by atoms with Crippen molar-refractivity contribution in [1.82, 2.24) is 5.43 Å². The molecule has 0 saturated carbocycles. The molecule has 33 heavy (non-hydrogen) atoms. The van der Waals surface area contributed by atoms with Crippen LogP contribution in [-0.2, 0) is 4.79 Å². The fourth-order valence-electron chi connectivity index (χ4n) is 2.76. The lowest BCUT2D eigenvalue weighted by molar-refractivity contribution is -0.123. The maximum atomic E-state index is 12.3. The molecule has 0 atom stereocenters. The molecule has 3 aromatic rings. The normalized spacial score (nSPS) is 10.6. The Balaban J connectivity index is 1.58. The summed E-state index contributed by atoms with van der Waals surface area (Å²) < 4.78 is 16.5. The zero-order valence-corrected chi connectivity index (χ0v) is 19.0. The molecule has 0 spiro atoms. The quantitative estimate of drug-likeness (QED) is 0.212. The summed E-state index contributed by atoms with van der Waals surface area (Å²) in [5.41, 5.74) is 4.34. The number of rotatable bonds is 9. The van der Waals surface area contributed by atoms with Crippen molar-refractivity contribution in [2.75, 3.05) is 13.2 Å². The van der Waals surface area contributed by atoms with Gasteiger partial charge in [0.05, 0.1) is 18.4 Å². The highest BCUT2D eigenvalue weighted by molar-refractivity contribution is 6.31. The smallest absolute Gasteiger partial charge is 0.343 e. The van der Waals surface area contributed by atoms with Crippen LogP contribution in [0.15, 0.2) is 71.8 Å². The number of ether oxygens (including phenoxy) is 3. The highest BCUT2D eigenvalue weighted by Gasteiger charge is 2.13. The van der Waals surface area contributed by atoms with Gasteiger partial charge in [0.2, 0.25) is 0 Å². The number of aryl methyl sites for hydroxylation is 1. The molecule has 0 bridgehead atoms. The highest BCUT2D eigenvalue weighted by atomic mass is 35.5. The van der Waals surface area contributed by atoms with E-state index in [1.807, 2.05) is 19.9 Å². The van der Waals surface area contributed by atoms with Crippen LogP contribution in [0.5, 0.6) is 17.2 Å². The Hall–Kier alpha value is -3.84. The molecule has 0 unspecified atom stereocenters. The van der Waals surface area contributed by atoms with Gasteiger partial charge in [-0.3, -0.25) is 4.79 Å². The zero-order valence-electron chi connectivity index (χ0n) is 18.2. The van der Waals surface area contributed by atoms with Gasteiger partial charge in [0.25, 0.3) is 5.91 Å². The third-order valence-corrected chi connectivity index (χ3v) is 4.81. The van der Waals surface area contributed by atoms with E-state index < -0.39 is 11.9 Å². The summed E-state index contributed by atoms with van der Waals surface area (Å²) in [4.78, 5) is 24.3. The number of nitrogens with zero attached hydrogens (tertiary/aromatic N) is 1. The van der Waals surface area contributed by atoms with E-state index in [0.717, 1.165) is 5.56 Å². The van der Waals surface area contributed by atoms with Crippen molar-refractivity contribution in [2.45, 2.75) is 13.8 Å². The van der Waals surface area contributed by atoms with Crippen LogP contribution in [0, 0.1) is 6.92 Å².